The molecule has 5 aromatic rings. The SMILES string of the molecule is CCC1(CC)CCN(Cc2ccc(-n3c(-c4cccnc4N)nc4ccc(-c5ccccc5)nc43)cc2)C1. The molecule has 6 heteroatoms. The smallest absolute Gasteiger partial charge is 0.165 e. The molecule has 0 saturated carbocycles. The second-order valence-corrected chi connectivity index (χ2v) is 10.4. The summed E-state index contributed by atoms with van der Waals surface area (Å²) in [4.78, 5) is 17.0. The highest BCUT2D eigenvalue weighted by atomic mass is 15.2. The molecule has 192 valence electrons. The number of pyridine rings is 2. The Hall–Kier alpha value is -4.03. The van der Waals surface area contributed by atoms with Gasteiger partial charge in [0.05, 0.1) is 11.3 Å². The van der Waals surface area contributed by atoms with Crippen LogP contribution in [-0.2, 0) is 6.54 Å². The van der Waals surface area contributed by atoms with Crippen LogP contribution >= 0.6 is 0 Å². The number of nitrogens with zero attached hydrogens (tertiary/aromatic N) is 5. The molecule has 0 aliphatic carbocycles. The van der Waals surface area contributed by atoms with Crippen LogP contribution in [0.25, 0.3) is 39.5 Å². The van der Waals surface area contributed by atoms with E-state index in [-0.39, 0.29) is 0 Å². The topological polar surface area (TPSA) is 72.9 Å². The molecule has 2 aromatic carbocycles. The van der Waals surface area contributed by atoms with Crippen LogP contribution in [0, 0.1) is 5.41 Å². The first-order valence-corrected chi connectivity index (χ1v) is 13.6. The monoisotopic (exact) mass is 502 g/mol. The predicted octanol–water partition coefficient (Wildman–Crippen LogP) is 6.74. The minimum atomic E-state index is 0.452. The molecule has 1 aliphatic rings. The Balaban J connectivity index is 1.40. The van der Waals surface area contributed by atoms with Crippen LogP contribution in [0.3, 0.4) is 0 Å². The summed E-state index contributed by atoms with van der Waals surface area (Å²) in [5.41, 5.74) is 13.5. The van der Waals surface area contributed by atoms with Crippen molar-refractivity contribution in [3.63, 3.8) is 0 Å². The summed E-state index contributed by atoms with van der Waals surface area (Å²) >= 11 is 0. The van der Waals surface area contributed by atoms with E-state index in [2.05, 4.69) is 64.7 Å². The number of nitrogens with two attached hydrogens (primary N) is 1. The largest absolute Gasteiger partial charge is 0.383 e. The average Bonchev–Trinajstić information content (AvgIpc) is 3.56. The van der Waals surface area contributed by atoms with Gasteiger partial charge >= 0.3 is 0 Å². The molecule has 0 bridgehead atoms. The summed E-state index contributed by atoms with van der Waals surface area (Å²) in [6.45, 7) is 8.00. The van der Waals surface area contributed by atoms with Crippen LogP contribution in [0.2, 0.25) is 0 Å². The van der Waals surface area contributed by atoms with E-state index in [4.69, 9.17) is 15.7 Å². The lowest BCUT2D eigenvalue weighted by atomic mass is 9.82. The van der Waals surface area contributed by atoms with E-state index in [0.29, 0.717) is 11.2 Å². The number of benzene rings is 2. The van der Waals surface area contributed by atoms with Gasteiger partial charge in [-0.3, -0.25) is 9.47 Å². The number of rotatable bonds is 7. The molecule has 2 N–H and O–H groups in total. The van der Waals surface area contributed by atoms with E-state index < -0.39 is 0 Å². The Morgan fingerprint density at radius 3 is 2.37 bits per heavy atom. The third kappa shape index (κ3) is 4.45. The molecule has 38 heavy (non-hydrogen) atoms. The Morgan fingerprint density at radius 1 is 0.868 bits per heavy atom. The van der Waals surface area contributed by atoms with Gasteiger partial charge in [0.15, 0.2) is 11.5 Å². The van der Waals surface area contributed by atoms with Crippen LogP contribution in [-0.4, -0.2) is 37.5 Å². The van der Waals surface area contributed by atoms with Crippen molar-refractivity contribution in [3.05, 3.63) is 90.6 Å². The van der Waals surface area contributed by atoms with Crippen molar-refractivity contribution < 1.29 is 0 Å². The lowest BCUT2D eigenvalue weighted by Gasteiger charge is -2.26. The molecule has 0 spiro atoms. The molecule has 1 saturated heterocycles. The van der Waals surface area contributed by atoms with Gasteiger partial charge in [0.1, 0.15) is 11.3 Å². The van der Waals surface area contributed by atoms with Crippen molar-refractivity contribution in [2.75, 3.05) is 18.8 Å². The molecular formula is C32H34N6. The van der Waals surface area contributed by atoms with Crippen molar-refractivity contribution in [2.24, 2.45) is 5.41 Å². The predicted molar refractivity (Wildman–Crippen MR) is 155 cm³/mol. The Kier molecular flexibility index (Phi) is 6.42. The van der Waals surface area contributed by atoms with Gasteiger partial charge in [-0.15, -0.1) is 0 Å². The molecule has 6 rings (SSSR count). The number of hydrogen-bond donors (Lipinski definition) is 1. The molecule has 1 aliphatic heterocycles. The van der Waals surface area contributed by atoms with Crippen LogP contribution in [0.1, 0.15) is 38.7 Å². The fourth-order valence-corrected chi connectivity index (χ4v) is 5.76. The highest BCUT2D eigenvalue weighted by molar-refractivity contribution is 5.84. The molecule has 3 aromatic heterocycles. The van der Waals surface area contributed by atoms with Crippen LogP contribution in [0.4, 0.5) is 5.82 Å². The van der Waals surface area contributed by atoms with E-state index in [0.717, 1.165) is 46.0 Å². The molecular weight excluding hydrogens is 468 g/mol. The number of imidazole rings is 1. The van der Waals surface area contributed by atoms with E-state index >= 15 is 0 Å². The van der Waals surface area contributed by atoms with Gasteiger partial charge in [0.25, 0.3) is 0 Å². The van der Waals surface area contributed by atoms with Gasteiger partial charge in [-0.2, -0.15) is 0 Å². The van der Waals surface area contributed by atoms with Gasteiger partial charge < -0.3 is 5.73 Å². The fourth-order valence-electron chi connectivity index (χ4n) is 5.76. The molecule has 0 atom stereocenters. The van der Waals surface area contributed by atoms with Crippen molar-refractivity contribution in [1.82, 2.24) is 24.4 Å². The lowest BCUT2D eigenvalue weighted by Crippen LogP contribution is -2.26. The van der Waals surface area contributed by atoms with Gasteiger partial charge in [-0.05, 0) is 73.2 Å². The first-order valence-electron chi connectivity index (χ1n) is 13.6. The zero-order valence-corrected chi connectivity index (χ0v) is 22.1. The van der Waals surface area contributed by atoms with E-state index in [1.807, 2.05) is 42.5 Å². The van der Waals surface area contributed by atoms with Gasteiger partial charge in [0, 0.05) is 30.5 Å². The first kappa shape index (κ1) is 24.3. The highest BCUT2D eigenvalue weighted by Crippen LogP contribution is 2.38. The Labute approximate surface area is 224 Å². The maximum absolute atomic E-state index is 6.31. The summed E-state index contributed by atoms with van der Waals surface area (Å²) < 4.78 is 2.11. The number of fused-ring (bicyclic) bond motifs is 1. The Bertz CT molecular complexity index is 1550. The maximum Gasteiger partial charge on any atom is 0.165 e. The van der Waals surface area contributed by atoms with Gasteiger partial charge in [0.2, 0.25) is 0 Å². The van der Waals surface area contributed by atoms with Crippen LogP contribution < -0.4 is 5.73 Å². The van der Waals surface area contributed by atoms with Crippen molar-refractivity contribution in [1.29, 1.82) is 0 Å². The first-order chi connectivity index (χ1) is 18.6. The number of likely N-dealkylation sites (tertiary alicyclic amines) is 1. The molecule has 0 unspecified atom stereocenters. The summed E-state index contributed by atoms with van der Waals surface area (Å²) in [6, 6.07) is 27.0. The molecule has 0 radical (unpaired) electrons. The normalized spacial score (nSPS) is 15.3. The van der Waals surface area contributed by atoms with Crippen LogP contribution in [0.15, 0.2) is 85.1 Å². The van der Waals surface area contributed by atoms with Crippen molar-refractivity contribution in [2.45, 2.75) is 39.7 Å². The number of aromatic nitrogens is 4. The van der Waals surface area contributed by atoms with Gasteiger partial charge in [-0.1, -0.05) is 56.3 Å². The van der Waals surface area contributed by atoms with Crippen molar-refractivity contribution >= 4 is 17.0 Å². The molecule has 6 nitrogen and oxygen atoms in total. The third-order valence-corrected chi connectivity index (χ3v) is 8.27. The average molecular weight is 503 g/mol. The van der Waals surface area contributed by atoms with Crippen LogP contribution in [0.5, 0.6) is 0 Å². The summed E-state index contributed by atoms with van der Waals surface area (Å²) in [5, 5.41) is 0. The number of hydrogen-bond acceptors (Lipinski definition) is 5. The molecule has 0 amide bonds. The zero-order valence-electron chi connectivity index (χ0n) is 22.1. The number of nitrogen functional groups attached to an aromatic ring is 1. The summed E-state index contributed by atoms with van der Waals surface area (Å²) in [6.07, 6.45) is 5.51. The third-order valence-electron chi connectivity index (χ3n) is 8.27. The van der Waals surface area contributed by atoms with Gasteiger partial charge in [-0.25, -0.2) is 15.0 Å². The maximum atomic E-state index is 6.31. The highest BCUT2D eigenvalue weighted by Gasteiger charge is 2.34. The summed E-state index contributed by atoms with van der Waals surface area (Å²) in [7, 11) is 0. The van der Waals surface area contributed by atoms with E-state index in [1.165, 1.54) is 37.9 Å². The Morgan fingerprint density at radius 2 is 1.66 bits per heavy atom. The minimum Gasteiger partial charge on any atom is -0.383 e. The zero-order chi connectivity index (χ0) is 26.1. The second-order valence-electron chi connectivity index (χ2n) is 10.4. The van der Waals surface area contributed by atoms with E-state index in [9.17, 15) is 0 Å². The van der Waals surface area contributed by atoms with Crippen molar-refractivity contribution in [3.8, 4) is 28.3 Å². The number of anilines is 1. The quantitative estimate of drug-likeness (QED) is 0.267. The standard InChI is InChI=1S/C32H34N6/c1-3-32(4-2)18-20-37(22-32)21-23-12-14-25(15-13-23)38-30(26-11-8-19-34-29(26)33)36-28-17-16-27(35-31(28)38)24-9-6-5-7-10-24/h5-17,19H,3-4,18,20-22H2,1-2H3,(H2,33,34). The summed E-state index contributed by atoms with van der Waals surface area (Å²) in [5.74, 6) is 1.19. The molecule has 1 fully saturated rings. The lowest BCUT2D eigenvalue weighted by molar-refractivity contribution is 0.236. The fraction of sp³-hybridized carbons (Fsp3) is 0.281. The minimum absolute atomic E-state index is 0.452. The molecule has 4 heterocycles. The van der Waals surface area contributed by atoms with E-state index in [1.54, 1.807) is 6.20 Å². The second kappa shape index (κ2) is 10.0.